The lowest BCUT2D eigenvalue weighted by Crippen LogP contribution is -2.16. The van der Waals surface area contributed by atoms with Crippen LogP contribution in [0.3, 0.4) is 0 Å². The molecule has 0 atom stereocenters. The van der Waals surface area contributed by atoms with Gasteiger partial charge in [-0.05, 0) is 42.4 Å². The lowest BCUT2D eigenvalue weighted by atomic mass is 10.1. The zero-order chi connectivity index (χ0) is 14.4. The number of hydrogen-bond donors (Lipinski definition) is 1. The Hall–Kier alpha value is -2.00. The molecule has 0 unspecified atom stereocenters. The maximum absolute atomic E-state index is 5.18. The number of benzene rings is 2. The zero-order valence-electron chi connectivity index (χ0n) is 12.4. The van der Waals surface area contributed by atoms with Gasteiger partial charge >= 0.3 is 0 Å². The third kappa shape index (κ3) is 3.75. The first-order chi connectivity index (χ1) is 9.72. The van der Waals surface area contributed by atoms with Crippen LogP contribution in [0.5, 0.6) is 5.75 Å². The third-order valence-electron chi connectivity index (χ3n) is 3.34. The summed E-state index contributed by atoms with van der Waals surface area (Å²) in [6.07, 6.45) is 0. The lowest BCUT2D eigenvalue weighted by Gasteiger charge is -2.20. The summed E-state index contributed by atoms with van der Waals surface area (Å²) in [7, 11) is 5.75. The Kier molecular flexibility index (Phi) is 5.02. The van der Waals surface area contributed by atoms with E-state index in [2.05, 4.69) is 53.7 Å². The van der Waals surface area contributed by atoms with Crippen molar-refractivity contribution in [3.8, 4) is 5.75 Å². The highest BCUT2D eigenvalue weighted by molar-refractivity contribution is 5.48. The van der Waals surface area contributed by atoms with Crippen LogP contribution in [0.1, 0.15) is 11.1 Å². The largest absolute Gasteiger partial charge is 0.497 e. The fourth-order valence-corrected chi connectivity index (χ4v) is 2.17. The van der Waals surface area contributed by atoms with Gasteiger partial charge in [-0.1, -0.05) is 24.3 Å². The molecule has 0 spiro atoms. The molecule has 1 N–H and O–H groups in total. The molecule has 106 valence electrons. The van der Waals surface area contributed by atoms with Gasteiger partial charge in [0.25, 0.3) is 0 Å². The fourth-order valence-electron chi connectivity index (χ4n) is 2.17. The topological polar surface area (TPSA) is 24.5 Å². The van der Waals surface area contributed by atoms with Gasteiger partial charge in [-0.3, -0.25) is 0 Å². The lowest BCUT2D eigenvalue weighted by molar-refractivity contribution is 0.415. The normalized spacial score (nSPS) is 10.3. The first-order valence-electron chi connectivity index (χ1n) is 6.80. The molecule has 3 nitrogen and oxygen atoms in total. The molecular formula is C17H22N2O. The van der Waals surface area contributed by atoms with Gasteiger partial charge in [-0.2, -0.15) is 0 Å². The zero-order valence-corrected chi connectivity index (χ0v) is 12.4. The minimum atomic E-state index is 0.888. The molecule has 0 amide bonds. The predicted molar refractivity (Wildman–Crippen MR) is 84.3 cm³/mol. The van der Waals surface area contributed by atoms with Crippen LogP contribution in [0.2, 0.25) is 0 Å². The molecule has 0 saturated heterocycles. The minimum Gasteiger partial charge on any atom is -0.497 e. The van der Waals surface area contributed by atoms with Crippen LogP contribution < -0.4 is 15.0 Å². The maximum Gasteiger partial charge on any atom is 0.119 e. The van der Waals surface area contributed by atoms with Crippen molar-refractivity contribution >= 4 is 5.69 Å². The molecule has 20 heavy (non-hydrogen) atoms. The van der Waals surface area contributed by atoms with Crippen LogP contribution in [-0.2, 0) is 13.1 Å². The molecule has 0 aliphatic carbocycles. The average Bonchev–Trinajstić information content (AvgIpc) is 2.49. The summed E-state index contributed by atoms with van der Waals surface area (Å²) >= 11 is 0. The van der Waals surface area contributed by atoms with Crippen molar-refractivity contribution in [3.05, 3.63) is 59.7 Å². The maximum atomic E-state index is 5.18. The van der Waals surface area contributed by atoms with Crippen LogP contribution in [0.4, 0.5) is 5.69 Å². The van der Waals surface area contributed by atoms with Crippen molar-refractivity contribution in [3.63, 3.8) is 0 Å². The molecule has 2 rings (SSSR count). The van der Waals surface area contributed by atoms with Gasteiger partial charge in [0.2, 0.25) is 0 Å². The van der Waals surface area contributed by atoms with E-state index in [1.807, 2.05) is 19.2 Å². The summed E-state index contributed by atoms with van der Waals surface area (Å²) < 4.78 is 5.18. The van der Waals surface area contributed by atoms with Gasteiger partial charge in [0.05, 0.1) is 7.11 Å². The number of nitrogens with one attached hydrogen (secondary N) is 1. The van der Waals surface area contributed by atoms with Gasteiger partial charge in [0.15, 0.2) is 0 Å². The molecule has 0 heterocycles. The second-order valence-electron chi connectivity index (χ2n) is 4.90. The molecule has 0 aliphatic heterocycles. The van der Waals surface area contributed by atoms with Gasteiger partial charge in [0.1, 0.15) is 5.75 Å². The fraction of sp³-hybridized carbons (Fsp3) is 0.294. The molecule has 0 radical (unpaired) electrons. The Morgan fingerprint density at radius 3 is 2.10 bits per heavy atom. The van der Waals surface area contributed by atoms with E-state index in [-0.39, 0.29) is 0 Å². The number of anilines is 1. The number of methoxy groups -OCH3 is 1. The summed E-state index contributed by atoms with van der Waals surface area (Å²) in [6.45, 7) is 1.81. The molecule has 2 aromatic rings. The van der Waals surface area contributed by atoms with Crippen molar-refractivity contribution in [1.29, 1.82) is 0 Å². The Balaban J connectivity index is 2.00. The average molecular weight is 270 g/mol. The highest BCUT2D eigenvalue weighted by Gasteiger charge is 2.03. The summed E-state index contributed by atoms with van der Waals surface area (Å²) in [5.41, 5.74) is 3.80. The Morgan fingerprint density at radius 1 is 0.950 bits per heavy atom. The van der Waals surface area contributed by atoms with E-state index >= 15 is 0 Å². The summed E-state index contributed by atoms with van der Waals surface area (Å²) in [5, 5.41) is 3.16. The highest BCUT2D eigenvalue weighted by Crippen LogP contribution is 2.19. The summed E-state index contributed by atoms with van der Waals surface area (Å²) in [6, 6.07) is 16.9. The van der Waals surface area contributed by atoms with E-state index in [0.29, 0.717) is 0 Å². The monoisotopic (exact) mass is 270 g/mol. The van der Waals surface area contributed by atoms with Crippen molar-refractivity contribution in [1.82, 2.24) is 5.32 Å². The summed E-state index contributed by atoms with van der Waals surface area (Å²) in [4.78, 5) is 2.23. The molecule has 3 heteroatoms. The number of rotatable bonds is 6. The van der Waals surface area contributed by atoms with Crippen molar-refractivity contribution in [2.75, 3.05) is 26.1 Å². The molecule has 2 aromatic carbocycles. The number of hydrogen-bond acceptors (Lipinski definition) is 3. The first-order valence-corrected chi connectivity index (χ1v) is 6.80. The summed E-state index contributed by atoms with van der Waals surface area (Å²) in [5.74, 6) is 0.888. The molecule has 0 saturated carbocycles. The van der Waals surface area contributed by atoms with E-state index < -0.39 is 0 Å². The van der Waals surface area contributed by atoms with Crippen LogP contribution in [-0.4, -0.2) is 21.2 Å². The number of nitrogens with zero attached hydrogens (tertiary/aromatic N) is 1. The van der Waals surface area contributed by atoms with Crippen LogP contribution in [0.25, 0.3) is 0 Å². The van der Waals surface area contributed by atoms with Crippen LogP contribution in [0, 0.1) is 0 Å². The Morgan fingerprint density at radius 2 is 1.55 bits per heavy atom. The van der Waals surface area contributed by atoms with E-state index in [9.17, 15) is 0 Å². The van der Waals surface area contributed by atoms with Crippen LogP contribution in [0.15, 0.2) is 48.5 Å². The third-order valence-corrected chi connectivity index (χ3v) is 3.34. The van der Waals surface area contributed by atoms with E-state index in [0.717, 1.165) is 18.8 Å². The second kappa shape index (κ2) is 6.96. The second-order valence-corrected chi connectivity index (χ2v) is 4.90. The molecular weight excluding hydrogens is 248 g/mol. The van der Waals surface area contributed by atoms with Crippen molar-refractivity contribution in [2.45, 2.75) is 13.1 Å². The Bertz CT molecular complexity index is 520. The smallest absolute Gasteiger partial charge is 0.119 e. The van der Waals surface area contributed by atoms with Gasteiger partial charge < -0.3 is 15.0 Å². The standard InChI is InChI=1S/C17H22N2O/c1-18-12-14-4-6-15(7-5-14)13-19(2)16-8-10-17(20-3)11-9-16/h4-11,18H,12-13H2,1-3H3. The van der Waals surface area contributed by atoms with Crippen molar-refractivity contribution in [2.24, 2.45) is 0 Å². The molecule has 0 aromatic heterocycles. The molecule has 0 bridgehead atoms. The van der Waals surface area contributed by atoms with E-state index in [4.69, 9.17) is 4.74 Å². The highest BCUT2D eigenvalue weighted by atomic mass is 16.5. The van der Waals surface area contributed by atoms with Crippen molar-refractivity contribution < 1.29 is 4.74 Å². The SMILES string of the molecule is CNCc1ccc(CN(C)c2ccc(OC)cc2)cc1. The Labute approximate surface area is 121 Å². The van der Waals surface area contributed by atoms with E-state index in [1.54, 1.807) is 7.11 Å². The quantitative estimate of drug-likeness (QED) is 0.873. The first kappa shape index (κ1) is 14.4. The predicted octanol–water partition coefficient (Wildman–Crippen LogP) is 3.05. The van der Waals surface area contributed by atoms with Gasteiger partial charge in [0, 0.05) is 25.8 Å². The van der Waals surface area contributed by atoms with E-state index in [1.165, 1.54) is 16.8 Å². The minimum absolute atomic E-state index is 0.888. The van der Waals surface area contributed by atoms with Crippen LogP contribution >= 0.6 is 0 Å². The van der Waals surface area contributed by atoms with Gasteiger partial charge in [-0.15, -0.1) is 0 Å². The molecule has 0 fully saturated rings. The molecule has 0 aliphatic rings. The number of ether oxygens (including phenoxy) is 1. The van der Waals surface area contributed by atoms with Gasteiger partial charge in [-0.25, -0.2) is 0 Å².